The fourth-order valence-electron chi connectivity index (χ4n) is 1.20. The number of rotatable bonds is 1. The van der Waals surface area contributed by atoms with Crippen LogP contribution in [-0.2, 0) is 0 Å². The number of anilines is 1. The average molecular weight is 253 g/mol. The summed E-state index contributed by atoms with van der Waals surface area (Å²) in [7, 11) is 0. The van der Waals surface area contributed by atoms with Gasteiger partial charge in [0.25, 0.3) is 0 Å². The first-order valence-electron chi connectivity index (χ1n) is 4.12. The molecule has 2 aromatic rings. The van der Waals surface area contributed by atoms with E-state index in [0.29, 0.717) is 5.82 Å². The normalized spacial score (nSPS) is 10.4. The average Bonchev–Trinajstić information content (AvgIpc) is 2.57. The van der Waals surface area contributed by atoms with Crippen LogP contribution in [0.15, 0.2) is 28.9 Å². The summed E-state index contributed by atoms with van der Waals surface area (Å²) < 4.78 is 2.65. The molecule has 0 amide bonds. The van der Waals surface area contributed by atoms with Crippen molar-refractivity contribution in [1.29, 1.82) is 0 Å². The molecule has 1 aromatic carbocycles. The molecule has 4 nitrogen and oxygen atoms in total. The third kappa shape index (κ3) is 1.50. The Bertz CT molecular complexity index is 464. The molecule has 0 spiro atoms. The Morgan fingerprint density at radius 3 is 2.86 bits per heavy atom. The van der Waals surface area contributed by atoms with E-state index >= 15 is 0 Å². The zero-order chi connectivity index (χ0) is 10.1. The second kappa shape index (κ2) is 3.42. The number of halogens is 1. The van der Waals surface area contributed by atoms with Crippen molar-refractivity contribution in [2.24, 2.45) is 0 Å². The van der Waals surface area contributed by atoms with E-state index in [1.54, 1.807) is 10.9 Å². The van der Waals surface area contributed by atoms with Crippen LogP contribution in [-0.4, -0.2) is 15.0 Å². The van der Waals surface area contributed by atoms with Gasteiger partial charge in [-0.2, -0.15) is 0 Å². The molecule has 0 unspecified atom stereocenters. The monoisotopic (exact) mass is 252 g/mol. The van der Waals surface area contributed by atoms with Crippen LogP contribution in [0.1, 0.15) is 5.56 Å². The Labute approximate surface area is 89.9 Å². The molecule has 5 heteroatoms. The highest BCUT2D eigenvalue weighted by Crippen LogP contribution is 2.23. The van der Waals surface area contributed by atoms with E-state index in [1.807, 2.05) is 25.1 Å². The Morgan fingerprint density at radius 1 is 1.43 bits per heavy atom. The lowest BCUT2D eigenvalue weighted by Crippen LogP contribution is -1.97. The molecule has 14 heavy (non-hydrogen) atoms. The van der Waals surface area contributed by atoms with Crippen LogP contribution in [0.4, 0.5) is 5.82 Å². The smallest absolute Gasteiger partial charge is 0.166 e. The quantitative estimate of drug-likeness (QED) is 0.844. The summed E-state index contributed by atoms with van der Waals surface area (Å²) in [6, 6.07) is 5.94. The van der Waals surface area contributed by atoms with Gasteiger partial charge in [-0.1, -0.05) is 17.3 Å². The fourth-order valence-corrected chi connectivity index (χ4v) is 1.65. The summed E-state index contributed by atoms with van der Waals surface area (Å²) in [5, 5.41) is 7.63. The van der Waals surface area contributed by atoms with Crippen LogP contribution in [0.5, 0.6) is 0 Å². The molecule has 0 radical (unpaired) electrons. The van der Waals surface area contributed by atoms with Crippen LogP contribution >= 0.6 is 15.9 Å². The van der Waals surface area contributed by atoms with Gasteiger partial charge in [0.2, 0.25) is 0 Å². The van der Waals surface area contributed by atoms with Gasteiger partial charge in [0.15, 0.2) is 5.82 Å². The standard InChI is InChI=1S/C9H9BrN4/c1-6-3-2-4-7(9(6)10)14-5-8(11)12-13-14/h2-5H,11H2,1H3. The van der Waals surface area contributed by atoms with Crippen molar-refractivity contribution in [3.8, 4) is 5.69 Å². The van der Waals surface area contributed by atoms with Crippen molar-refractivity contribution in [3.63, 3.8) is 0 Å². The predicted molar refractivity (Wildman–Crippen MR) is 58.2 cm³/mol. The van der Waals surface area contributed by atoms with Crippen molar-refractivity contribution in [3.05, 3.63) is 34.4 Å². The second-order valence-corrected chi connectivity index (χ2v) is 3.79. The first-order valence-corrected chi connectivity index (χ1v) is 4.91. The van der Waals surface area contributed by atoms with Gasteiger partial charge >= 0.3 is 0 Å². The van der Waals surface area contributed by atoms with Crippen molar-refractivity contribution < 1.29 is 0 Å². The number of nitrogens with two attached hydrogens (primary N) is 1. The van der Waals surface area contributed by atoms with Crippen LogP contribution < -0.4 is 5.73 Å². The summed E-state index contributed by atoms with van der Waals surface area (Å²) in [5.41, 5.74) is 7.58. The maximum atomic E-state index is 5.49. The minimum Gasteiger partial charge on any atom is -0.381 e. The SMILES string of the molecule is Cc1cccc(-n2cc(N)nn2)c1Br. The van der Waals surface area contributed by atoms with Gasteiger partial charge in [-0.15, -0.1) is 5.10 Å². The molecule has 2 N–H and O–H groups in total. The Morgan fingerprint density at radius 2 is 2.21 bits per heavy atom. The lowest BCUT2D eigenvalue weighted by atomic mass is 10.2. The van der Waals surface area contributed by atoms with Gasteiger partial charge in [-0.3, -0.25) is 0 Å². The predicted octanol–water partition coefficient (Wildman–Crippen LogP) is 1.92. The lowest BCUT2D eigenvalue weighted by Gasteiger charge is -2.05. The van der Waals surface area contributed by atoms with Crippen LogP contribution in [0.2, 0.25) is 0 Å². The highest BCUT2D eigenvalue weighted by Gasteiger charge is 2.05. The number of nitrogen functional groups attached to an aromatic ring is 1. The maximum absolute atomic E-state index is 5.49. The first-order chi connectivity index (χ1) is 6.68. The molecule has 1 aromatic heterocycles. The molecule has 0 aliphatic carbocycles. The maximum Gasteiger partial charge on any atom is 0.166 e. The van der Waals surface area contributed by atoms with Gasteiger partial charge in [0, 0.05) is 4.47 Å². The van der Waals surface area contributed by atoms with Gasteiger partial charge in [0.05, 0.1) is 11.9 Å². The van der Waals surface area contributed by atoms with Gasteiger partial charge < -0.3 is 5.73 Å². The van der Waals surface area contributed by atoms with Gasteiger partial charge in [0.1, 0.15) is 0 Å². The second-order valence-electron chi connectivity index (χ2n) is 3.00. The van der Waals surface area contributed by atoms with Gasteiger partial charge in [-0.05, 0) is 34.5 Å². The molecular formula is C9H9BrN4. The highest BCUT2D eigenvalue weighted by atomic mass is 79.9. The largest absolute Gasteiger partial charge is 0.381 e. The molecule has 0 fully saturated rings. The number of aromatic nitrogens is 3. The number of nitrogens with zero attached hydrogens (tertiary/aromatic N) is 3. The zero-order valence-corrected chi connectivity index (χ0v) is 9.19. The third-order valence-corrected chi connectivity index (χ3v) is 2.96. The van der Waals surface area contributed by atoms with E-state index in [4.69, 9.17) is 5.73 Å². The molecule has 2 rings (SSSR count). The van der Waals surface area contributed by atoms with Crippen molar-refractivity contribution in [2.45, 2.75) is 6.92 Å². The van der Waals surface area contributed by atoms with Crippen LogP contribution in [0, 0.1) is 6.92 Å². The summed E-state index contributed by atoms with van der Waals surface area (Å²) in [4.78, 5) is 0. The summed E-state index contributed by atoms with van der Waals surface area (Å²) in [5.74, 6) is 0.415. The van der Waals surface area contributed by atoms with E-state index < -0.39 is 0 Å². The Balaban J connectivity index is 2.57. The van der Waals surface area contributed by atoms with E-state index in [0.717, 1.165) is 15.7 Å². The molecule has 1 heterocycles. The first kappa shape index (κ1) is 9.21. The molecule has 0 aliphatic heterocycles. The van der Waals surface area contributed by atoms with Crippen molar-refractivity contribution in [1.82, 2.24) is 15.0 Å². The number of benzene rings is 1. The minimum absolute atomic E-state index is 0.415. The highest BCUT2D eigenvalue weighted by molar-refractivity contribution is 9.10. The number of hydrogen-bond acceptors (Lipinski definition) is 3. The van der Waals surface area contributed by atoms with E-state index in [-0.39, 0.29) is 0 Å². The Kier molecular flexibility index (Phi) is 2.25. The van der Waals surface area contributed by atoms with Crippen LogP contribution in [0.25, 0.3) is 5.69 Å². The van der Waals surface area contributed by atoms with Crippen LogP contribution in [0.3, 0.4) is 0 Å². The van der Waals surface area contributed by atoms with Crippen molar-refractivity contribution >= 4 is 21.7 Å². The Hall–Kier alpha value is -1.36. The number of aryl methyl sites for hydroxylation is 1. The molecular weight excluding hydrogens is 244 g/mol. The summed E-state index contributed by atoms with van der Waals surface area (Å²) in [6.07, 6.45) is 1.68. The topological polar surface area (TPSA) is 56.7 Å². The molecule has 72 valence electrons. The summed E-state index contributed by atoms with van der Waals surface area (Å²) >= 11 is 3.50. The minimum atomic E-state index is 0.415. The zero-order valence-electron chi connectivity index (χ0n) is 7.61. The van der Waals surface area contributed by atoms with E-state index in [9.17, 15) is 0 Å². The third-order valence-electron chi connectivity index (χ3n) is 1.93. The molecule has 0 bridgehead atoms. The summed E-state index contributed by atoms with van der Waals surface area (Å²) in [6.45, 7) is 2.02. The number of hydrogen-bond donors (Lipinski definition) is 1. The van der Waals surface area contributed by atoms with E-state index in [1.165, 1.54) is 0 Å². The molecule has 0 atom stereocenters. The molecule has 0 aliphatic rings. The van der Waals surface area contributed by atoms with E-state index in [2.05, 4.69) is 26.2 Å². The lowest BCUT2D eigenvalue weighted by molar-refractivity contribution is 0.800. The molecule has 0 saturated heterocycles. The van der Waals surface area contributed by atoms with Crippen molar-refractivity contribution in [2.75, 3.05) is 5.73 Å². The molecule has 0 saturated carbocycles. The van der Waals surface area contributed by atoms with Gasteiger partial charge in [-0.25, -0.2) is 4.68 Å². The fraction of sp³-hybridized carbons (Fsp3) is 0.111.